The maximum absolute atomic E-state index is 11.2. The third-order valence-electron chi connectivity index (χ3n) is 2.08. The molecule has 1 aliphatic heterocycles. The van der Waals surface area contributed by atoms with Gasteiger partial charge in [0.15, 0.2) is 0 Å². The summed E-state index contributed by atoms with van der Waals surface area (Å²) in [5.74, 6) is -0.681. The molecule has 1 aliphatic rings. The van der Waals surface area contributed by atoms with Gasteiger partial charge >= 0.3 is 11.9 Å². The molecule has 14 heavy (non-hydrogen) atoms. The van der Waals surface area contributed by atoms with Crippen LogP contribution < -0.4 is 0 Å². The molecular formula is C10H14O4. The van der Waals surface area contributed by atoms with Gasteiger partial charge in [0.25, 0.3) is 0 Å². The first-order valence-corrected chi connectivity index (χ1v) is 4.47. The third kappa shape index (κ3) is 2.58. The zero-order chi connectivity index (χ0) is 10.8. The molecule has 0 N–H and O–H groups in total. The molecular weight excluding hydrogens is 184 g/mol. The van der Waals surface area contributed by atoms with Crippen LogP contribution in [0, 0.1) is 0 Å². The Morgan fingerprint density at radius 3 is 2.71 bits per heavy atom. The summed E-state index contributed by atoms with van der Waals surface area (Å²) in [4.78, 5) is 22.0. The van der Waals surface area contributed by atoms with Crippen molar-refractivity contribution in [3.8, 4) is 0 Å². The number of rotatable bonds is 2. The SMILES string of the molecule is C=C(C)C(=O)OC1(C)CCC(=O)OC1. The van der Waals surface area contributed by atoms with Crippen LogP contribution in [0.25, 0.3) is 0 Å². The lowest BCUT2D eigenvalue weighted by Gasteiger charge is -2.32. The van der Waals surface area contributed by atoms with E-state index in [2.05, 4.69) is 6.58 Å². The average Bonchev–Trinajstić information content (AvgIpc) is 2.10. The Kier molecular flexibility index (Phi) is 2.93. The van der Waals surface area contributed by atoms with E-state index in [0.717, 1.165) is 0 Å². The van der Waals surface area contributed by atoms with E-state index in [0.29, 0.717) is 18.4 Å². The fourth-order valence-electron chi connectivity index (χ4n) is 1.14. The van der Waals surface area contributed by atoms with Gasteiger partial charge in [-0.05, 0) is 13.8 Å². The predicted octanol–water partition coefficient (Wildman–Crippen LogP) is 1.20. The van der Waals surface area contributed by atoms with E-state index in [1.807, 2.05) is 0 Å². The molecule has 1 unspecified atom stereocenters. The zero-order valence-corrected chi connectivity index (χ0v) is 8.46. The summed E-state index contributed by atoms with van der Waals surface area (Å²) in [6.07, 6.45) is 0.796. The first-order chi connectivity index (χ1) is 6.43. The van der Waals surface area contributed by atoms with Crippen molar-refractivity contribution in [1.29, 1.82) is 0 Å². The number of hydrogen-bond acceptors (Lipinski definition) is 4. The Morgan fingerprint density at radius 2 is 2.29 bits per heavy atom. The molecule has 0 aromatic carbocycles. The van der Waals surface area contributed by atoms with E-state index >= 15 is 0 Å². The van der Waals surface area contributed by atoms with Crippen molar-refractivity contribution in [1.82, 2.24) is 0 Å². The second-order valence-electron chi connectivity index (χ2n) is 3.78. The van der Waals surface area contributed by atoms with Crippen molar-refractivity contribution < 1.29 is 19.1 Å². The van der Waals surface area contributed by atoms with Gasteiger partial charge in [-0.2, -0.15) is 0 Å². The summed E-state index contributed by atoms with van der Waals surface area (Å²) in [5, 5.41) is 0. The molecule has 4 nitrogen and oxygen atoms in total. The predicted molar refractivity (Wildman–Crippen MR) is 49.5 cm³/mol. The molecule has 4 heteroatoms. The summed E-state index contributed by atoms with van der Waals surface area (Å²) in [5.41, 5.74) is -0.340. The van der Waals surface area contributed by atoms with Crippen LogP contribution in [0.4, 0.5) is 0 Å². The van der Waals surface area contributed by atoms with Crippen LogP contribution in [0.15, 0.2) is 12.2 Å². The van der Waals surface area contributed by atoms with Gasteiger partial charge in [-0.1, -0.05) is 6.58 Å². The third-order valence-corrected chi connectivity index (χ3v) is 2.08. The molecule has 0 saturated carbocycles. The largest absolute Gasteiger partial charge is 0.461 e. The van der Waals surface area contributed by atoms with Crippen molar-refractivity contribution in [3.05, 3.63) is 12.2 Å². The van der Waals surface area contributed by atoms with Gasteiger partial charge in [0.05, 0.1) is 0 Å². The van der Waals surface area contributed by atoms with Gasteiger partial charge in [-0.15, -0.1) is 0 Å². The van der Waals surface area contributed by atoms with Crippen molar-refractivity contribution in [2.24, 2.45) is 0 Å². The van der Waals surface area contributed by atoms with Gasteiger partial charge < -0.3 is 9.47 Å². The smallest absolute Gasteiger partial charge is 0.333 e. The van der Waals surface area contributed by atoms with Gasteiger partial charge in [0.2, 0.25) is 0 Å². The number of ether oxygens (including phenoxy) is 2. The molecule has 1 atom stereocenters. The molecule has 78 valence electrons. The van der Waals surface area contributed by atoms with Gasteiger partial charge in [-0.3, -0.25) is 4.79 Å². The number of cyclic esters (lactones) is 1. The Morgan fingerprint density at radius 1 is 1.64 bits per heavy atom. The maximum Gasteiger partial charge on any atom is 0.333 e. The zero-order valence-electron chi connectivity index (χ0n) is 8.46. The Balaban J connectivity index is 2.54. The molecule has 1 rings (SSSR count). The highest BCUT2D eigenvalue weighted by atomic mass is 16.6. The molecule has 1 fully saturated rings. The van der Waals surface area contributed by atoms with E-state index in [9.17, 15) is 9.59 Å². The van der Waals surface area contributed by atoms with Crippen molar-refractivity contribution in [2.75, 3.05) is 6.61 Å². The minimum absolute atomic E-state index is 0.130. The monoisotopic (exact) mass is 198 g/mol. The van der Waals surface area contributed by atoms with Crippen LogP contribution in [0.1, 0.15) is 26.7 Å². The summed E-state index contributed by atoms with van der Waals surface area (Å²) < 4.78 is 10.0. The lowest BCUT2D eigenvalue weighted by atomic mass is 9.98. The highest BCUT2D eigenvalue weighted by Gasteiger charge is 2.35. The van der Waals surface area contributed by atoms with Crippen LogP contribution in [-0.4, -0.2) is 24.1 Å². The first-order valence-electron chi connectivity index (χ1n) is 4.47. The van der Waals surface area contributed by atoms with Crippen LogP contribution >= 0.6 is 0 Å². The summed E-state index contributed by atoms with van der Waals surface area (Å²) in [7, 11) is 0. The molecule has 0 aromatic heterocycles. The van der Waals surface area contributed by atoms with Crippen LogP contribution in [0.3, 0.4) is 0 Å². The lowest BCUT2D eigenvalue weighted by Crippen LogP contribution is -2.41. The first kappa shape index (κ1) is 10.8. The Hall–Kier alpha value is -1.32. The van der Waals surface area contributed by atoms with Gasteiger partial charge in [0, 0.05) is 18.4 Å². The second-order valence-corrected chi connectivity index (χ2v) is 3.78. The molecule has 1 saturated heterocycles. The Bertz CT molecular complexity index is 270. The maximum atomic E-state index is 11.2. The van der Waals surface area contributed by atoms with E-state index in [1.54, 1.807) is 13.8 Å². The average molecular weight is 198 g/mol. The molecule has 1 heterocycles. The quantitative estimate of drug-likeness (QED) is 0.494. The highest BCUT2D eigenvalue weighted by Crippen LogP contribution is 2.24. The van der Waals surface area contributed by atoms with Crippen molar-refractivity contribution >= 4 is 11.9 Å². The fraction of sp³-hybridized carbons (Fsp3) is 0.600. The van der Waals surface area contributed by atoms with Crippen molar-refractivity contribution in [2.45, 2.75) is 32.3 Å². The molecule has 0 radical (unpaired) electrons. The molecule has 0 bridgehead atoms. The minimum atomic E-state index is -0.691. The van der Waals surface area contributed by atoms with E-state index in [1.165, 1.54) is 0 Å². The van der Waals surface area contributed by atoms with E-state index in [-0.39, 0.29) is 12.6 Å². The second kappa shape index (κ2) is 3.82. The minimum Gasteiger partial charge on any atom is -0.461 e. The highest BCUT2D eigenvalue weighted by molar-refractivity contribution is 5.87. The number of carbonyl (C=O) groups is 2. The molecule has 0 aromatic rings. The van der Waals surface area contributed by atoms with E-state index < -0.39 is 11.6 Å². The van der Waals surface area contributed by atoms with Crippen molar-refractivity contribution in [3.63, 3.8) is 0 Å². The molecule has 0 amide bonds. The van der Waals surface area contributed by atoms with Gasteiger partial charge in [-0.25, -0.2) is 4.79 Å². The van der Waals surface area contributed by atoms with Gasteiger partial charge in [0.1, 0.15) is 12.2 Å². The lowest BCUT2D eigenvalue weighted by molar-refractivity contribution is -0.177. The Labute approximate surface area is 82.9 Å². The van der Waals surface area contributed by atoms with Crippen LogP contribution in [0.2, 0.25) is 0 Å². The van der Waals surface area contributed by atoms with Crippen LogP contribution in [0.5, 0.6) is 0 Å². The fourth-order valence-corrected chi connectivity index (χ4v) is 1.14. The van der Waals surface area contributed by atoms with E-state index in [4.69, 9.17) is 9.47 Å². The molecule has 0 aliphatic carbocycles. The van der Waals surface area contributed by atoms with Crippen LogP contribution in [-0.2, 0) is 19.1 Å². The number of carbonyl (C=O) groups excluding carboxylic acids is 2. The standard InChI is InChI=1S/C10H14O4/c1-7(2)9(12)14-10(3)5-4-8(11)13-6-10/h1,4-6H2,2-3H3. The summed E-state index contributed by atoms with van der Waals surface area (Å²) in [6.45, 7) is 6.95. The topological polar surface area (TPSA) is 52.6 Å². The number of esters is 2. The summed E-state index contributed by atoms with van der Waals surface area (Å²) >= 11 is 0. The number of hydrogen-bond donors (Lipinski definition) is 0. The molecule has 0 spiro atoms. The normalized spacial score (nSPS) is 26.6. The summed E-state index contributed by atoms with van der Waals surface area (Å²) in [6, 6.07) is 0.